The molecule has 5 nitrogen and oxygen atoms in total. The van der Waals surface area contributed by atoms with Gasteiger partial charge in [-0.05, 0) is 74.6 Å². The first-order valence-corrected chi connectivity index (χ1v) is 13.8. The van der Waals surface area contributed by atoms with E-state index < -0.39 is 0 Å². The van der Waals surface area contributed by atoms with E-state index in [2.05, 4.69) is 95.9 Å². The number of aromatic amines is 2. The first-order chi connectivity index (χ1) is 18.5. The first-order valence-electron chi connectivity index (χ1n) is 13.0. The average molecular weight is 518 g/mol. The number of allylic oxidation sites excluding steroid dienone is 3. The minimum atomic E-state index is 0.573. The number of fused-ring (bicyclic) bond motifs is 1. The monoisotopic (exact) mass is 517 g/mol. The summed E-state index contributed by atoms with van der Waals surface area (Å²) in [7, 11) is 0. The maximum atomic E-state index is 4.70. The molecule has 38 heavy (non-hydrogen) atoms. The third-order valence-corrected chi connectivity index (χ3v) is 8.42. The van der Waals surface area contributed by atoms with E-state index in [0.717, 1.165) is 61.6 Å². The Morgan fingerprint density at radius 1 is 1.08 bits per heavy atom. The fraction of sp³-hybridized carbons (Fsp3) is 0.188. The summed E-state index contributed by atoms with van der Waals surface area (Å²) in [4.78, 5) is 10.6. The van der Waals surface area contributed by atoms with Crippen LogP contribution in [0.4, 0.5) is 5.69 Å². The summed E-state index contributed by atoms with van der Waals surface area (Å²) in [5.41, 5.74) is 10.5. The average Bonchev–Trinajstić information content (AvgIpc) is 3.59. The summed E-state index contributed by atoms with van der Waals surface area (Å²) >= 11 is 1.79. The molecule has 1 aliphatic rings. The van der Waals surface area contributed by atoms with Crippen LogP contribution in [-0.4, -0.2) is 20.2 Å². The molecule has 0 aliphatic heterocycles. The molecule has 4 aromatic heterocycles. The molecule has 0 saturated heterocycles. The van der Waals surface area contributed by atoms with Crippen molar-refractivity contribution in [3.05, 3.63) is 107 Å². The maximum Gasteiger partial charge on any atom is 0.116 e. The van der Waals surface area contributed by atoms with Crippen LogP contribution in [0.1, 0.15) is 40.3 Å². The standard InChI is InChI=1S/C32H31N5S/c1-5-7-26(31-13-10-19(2)38-31)27-16-30(35-21(27)4)32-28-15-23(11-12-29(28)36-37-32)24-14-25(18-33-17-24)34-20(3)22-8-6-9-22/h5,7,10-18,22,34-35H,1,3,6,8-9H2,2,4H3,(H,36,37)/b26-7+. The minimum Gasteiger partial charge on any atom is -0.358 e. The molecule has 4 heterocycles. The first kappa shape index (κ1) is 24.2. The van der Waals surface area contributed by atoms with Crippen molar-refractivity contribution in [2.45, 2.75) is 33.1 Å². The van der Waals surface area contributed by atoms with Gasteiger partial charge in [0.2, 0.25) is 0 Å². The van der Waals surface area contributed by atoms with Gasteiger partial charge in [-0.15, -0.1) is 11.3 Å². The number of aryl methyl sites for hydroxylation is 2. The Labute approximate surface area is 227 Å². The molecule has 0 radical (unpaired) electrons. The van der Waals surface area contributed by atoms with Crippen molar-refractivity contribution < 1.29 is 0 Å². The number of rotatable bonds is 8. The Morgan fingerprint density at radius 3 is 2.68 bits per heavy atom. The van der Waals surface area contributed by atoms with Gasteiger partial charge >= 0.3 is 0 Å². The highest BCUT2D eigenvalue weighted by atomic mass is 32.1. The molecule has 1 aliphatic carbocycles. The van der Waals surface area contributed by atoms with Crippen LogP contribution in [0.3, 0.4) is 0 Å². The Bertz CT molecular complexity index is 1690. The van der Waals surface area contributed by atoms with Crippen molar-refractivity contribution in [3.8, 4) is 22.5 Å². The van der Waals surface area contributed by atoms with Crippen LogP contribution in [0.25, 0.3) is 39.0 Å². The number of thiophene rings is 1. The van der Waals surface area contributed by atoms with Gasteiger partial charge in [0, 0.05) is 49.4 Å². The molecule has 5 aromatic rings. The number of hydrogen-bond acceptors (Lipinski definition) is 4. The van der Waals surface area contributed by atoms with Crippen molar-refractivity contribution in [2.75, 3.05) is 5.32 Å². The fourth-order valence-corrected chi connectivity index (χ4v) is 5.98. The summed E-state index contributed by atoms with van der Waals surface area (Å²) < 4.78 is 0. The van der Waals surface area contributed by atoms with Crippen molar-refractivity contribution >= 4 is 33.5 Å². The van der Waals surface area contributed by atoms with Gasteiger partial charge < -0.3 is 10.3 Å². The van der Waals surface area contributed by atoms with Gasteiger partial charge in [0.25, 0.3) is 0 Å². The molecule has 0 unspecified atom stereocenters. The Balaban J connectivity index is 1.35. The summed E-state index contributed by atoms with van der Waals surface area (Å²) in [6.07, 6.45) is 11.4. The molecule has 190 valence electrons. The molecule has 1 aromatic carbocycles. The summed E-state index contributed by atoms with van der Waals surface area (Å²) in [6, 6.07) is 15.1. The lowest BCUT2D eigenvalue weighted by atomic mass is 9.83. The van der Waals surface area contributed by atoms with Gasteiger partial charge in [0.05, 0.1) is 23.1 Å². The summed E-state index contributed by atoms with van der Waals surface area (Å²) in [5.74, 6) is 0.573. The molecular weight excluding hydrogens is 486 g/mol. The number of nitrogens with one attached hydrogen (secondary N) is 3. The van der Waals surface area contributed by atoms with Crippen molar-refractivity contribution in [3.63, 3.8) is 0 Å². The zero-order valence-corrected chi connectivity index (χ0v) is 22.6. The highest BCUT2D eigenvalue weighted by Crippen LogP contribution is 2.37. The molecule has 6 rings (SSSR count). The molecule has 1 saturated carbocycles. The highest BCUT2D eigenvalue weighted by Gasteiger charge is 2.21. The van der Waals surface area contributed by atoms with E-state index in [1.54, 1.807) is 11.3 Å². The Kier molecular flexibility index (Phi) is 6.34. The van der Waals surface area contributed by atoms with Gasteiger partial charge in [-0.3, -0.25) is 10.1 Å². The van der Waals surface area contributed by atoms with Gasteiger partial charge in [-0.25, -0.2) is 0 Å². The van der Waals surface area contributed by atoms with Crippen LogP contribution in [0, 0.1) is 19.8 Å². The van der Waals surface area contributed by atoms with Crippen LogP contribution in [0.15, 0.2) is 85.9 Å². The second-order valence-electron chi connectivity index (χ2n) is 10.0. The lowest BCUT2D eigenvalue weighted by Gasteiger charge is -2.28. The molecule has 1 fully saturated rings. The number of benzene rings is 1. The third kappa shape index (κ3) is 4.52. The van der Waals surface area contributed by atoms with Crippen molar-refractivity contribution in [2.24, 2.45) is 5.92 Å². The number of nitrogens with zero attached hydrogens (tertiary/aromatic N) is 2. The molecule has 0 spiro atoms. The quantitative estimate of drug-likeness (QED) is 0.180. The second-order valence-corrected chi connectivity index (χ2v) is 11.3. The number of pyridine rings is 1. The topological polar surface area (TPSA) is 69.4 Å². The van der Waals surface area contributed by atoms with Gasteiger partial charge in [-0.2, -0.15) is 5.10 Å². The highest BCUT2D eigenvalue weighted by molar-refractivity contribution is 7.13. The SMILES string of the molecule is C=C/C=C(/c1ccc(C)s1)c1cc(-c2n[nH]c3ccc(-c4cncc(NC(=C)C5CCC5)c4)cc23)[nH]c1C. The lowest BCUT2D eigenvalue weighted by molar-refractivity contribution is 0.371. The van der Waals surface area contributed by atoms with E-state index in [1.807, 2.05) is 18.5 Å². The van der Waals surface area contributed by atoms with E-state index >= 15 is 0 Å². The van der Waals surface area contributed by atoms with Crippen LogP contribution >= 0.6 is 11.3 Å². The summed E-state index contributed by atoms with van der Waals surface area (Å²) in [6.45, 7) is 12.4. The normalized spacial score (nSPS) is 14.0. The minimum absolute atomic E-state index is 0.573. The van der Waals surface area contributed by atoms with Gasteiger partial charge in [-0.1, -0.05) is 37.8 Å². The van der Waals surface area contributed by atoms with E-state index in [-0.39, 0.29) is 0 Å². The number of hydrogen-bond donors (Lipinski definition) is 3. The molecular formula is C32H31N5S. The van der Waals surface area contributed by atoms with E-state index in [0.29, 0.717) is 5.92 Å². The van der Waals surface area contributed by atoms with Crippen LogP contribution in [0.5, 0.6) is 0 Å². The lowest BCUT2D eigenvalue weighted by Crippen LogP contribution is -2.18. The van der Waals surface area contributed by atoms with Gasteiger partial charge in [0.1, 0.15) is 5.69 Å². The zero-order valence-electron chi connectivity index (χ0n) is 21.8. The van der Waals surface area contributed by atoms with Crippen LogP contribution < -0.4 is 5.32 Å². The predicted octanol–water partition coefficient (Wildman–Crippen LogP) is 8.64. The molecule has 0 amide bonds. The van der Waals surface area contributed by atoms with Gasteiger partial charge in [0.15, 0.2) is 0 Å². The van der Waals surface area contributed by atoms with Crippen LogP contribution in [0.2, 0.25) is 0 Å². The van der Waals surface area contributed by atoms with E-state index in [4.69, 9.17) is 5.10 Å². The number of anilines is 1. The predicted molar refractivity (Wildman–Crippen MR) is 160 cm³/mol. The van der Waals surface area contributed by atoms with E-state index in [1.165, 1.54) is 29.0 Å². The third-order valence-electron chi connectivity index (χ3n) is 7.39. The number of aromatic nitrogens is 4. The van der Waals surface area contributed by atoms with E-state index in [9.17, 15) is 0 Å². The maximum absolute atomic E-state index is 4.70. The largest absolute Gasteiger partial charge is 0.358 e. The smallest absolute Gasteiger partial charge is 0.116 e. The zero-order chi connectivity index (χ0) is 26.2. The molecule has 3 N–H and O–H groups in total. The number of H-pyrrole nitrogens is 2. The Hall–Kier alpha value is -4.16. The second kappa shape index (κ2) is 9.95. The molecule has 0 atom stereocenters. The fourth-order valence-electron chi connectivity index (χ4n) is 5.08. The summed E-state index contributed by atoms with van der Waals surface area (Å²) in [5, 5.41) is 12.4. The van der Waals surface area contributed by atoms with Crippen molar-refractivity contribution in [1.29, 1.82) is 0 Å². The van der Waals surface area contributed by atoms with Crippen molar-refractivity contribution in [1.82, 2.24) is 20.2 Å². The molecule has 0 bridgehead atoms. The Morgan fingerprint density at radius 2 is 1.95 bits per heavy atom. The van der Waals surface area contributed by atoms with Crippen LogP contribution in [-0.2, 0) is 0 Å². The molecule has 6 heteroatoms.